The molecule has 0 bridgehead atoms. The van der Waals surface area contributed by atoms with E-state index in [-0.39, 0.29) is 5.82 Å². The molecule has 0 saturated carbocycles. The van der Waals surface area contributed by atoms with Crippen LogP contribution < -0.4 is 5.32 Å². The average Bonchev–Trinajstić information content (AvgIpc) is 2.49. The molecule has 1 aliphatic rings. The minimum Gasteiger partial charge on any atom is -0.320 e. The van der Waals surface area contributed by atoms with Crippen LogP contribution in [0.2, 0.25) is 0 Å². The van der Waals surface area contributed by atoms with Crippen LogP contribution in [0.25, 0.3) is 0 Å². The molecule has 2 heterocycles. The van der Waals surface area contributed by atoms with Crippen LogP contribution in [0, 0.1) is 5.82 Å². The lowest BCUT2D eigenvalue weighted by Gasteiger charge is -2.41. The number of aromatic nitrogens is 1. The zero-order chi connectivity index (χ0) is 14.4. The van der Waals surface area contributed by atoms with E-state index in [1.54, 1.807) is 0 Å². The molecule has 2 atom stereocenters. The van der Waals surface area contributed by atoms with E-state index in [2.05, 4.69) is 22.1 Å². The quantitative estimate of drug-likeness (QED) is 0.867. The summed E-state index contributed by atoms with van der Waals surface area (Å²) in [4.78, 5) is 6.89. The summed E-state index contributed by atoms with van der Waals surface area (Å²) >= 11 is 0. The Morgan fingerprint density at radius 2 is 2.30 bits per heavy atom. The standard InChI is InChI=1S/C16H26FN3/c1-3-16(15-8-7-13(17)12-19-15)20-11-5-4-6-14(20)9-10-18-2/h7-8,12,14,16,18H,3-6,9-11H2,1-2H3. The number of halogens is 1. The minimum atomic E-state index is -0.256. The summed E-state index contributed by atoms with van der Waals surface area (Å²) in [5, 5.41) is 3.25. The van der Waals surface area contributed by atoms with Gasteiger partial charge >= 0.3 is 0 Å². The maximum atomic E-state index is 13.1. The molecular formula is C16H26FN3. The summed E-state index contributed by atoms with van der Waals surface area (Å²) in [5.74, 6) is -0.256. The molecule has 0 aromatic carbocycles. The SMILES string of the molecule is CCC(c1ccc(F)cn1)N1CCCCC1CCNC. The second-order valence-electron chi connectivity index (χ2n) is 5.60. The van der Waals surface area contributed by atoms with Crippen molar-refractivity contribution in [3.05, 3.63) is 29.8 Å². The predicted octanol–water partition coefficient (Wildman–Crippen LogP) is 3.14. The van der Waals surface area contributed by atoms with Crippen LogP contribution in [0.15, 0.2) is 18.3 Å². The fourth-order valence-corrected chi connectivity index (χ4v) is 3.25. The molecule has 0 spiro atoms. The first-order valence-corrected chi connectivity index (χ1v) is 7.78. The van der Waals surface area contributed by atoms with Crippen molar-refractivity contribution in [3.8, 4) is 0 Å². The van der Waals surface area contributed by atoms with E-state index in [1.165, 1.54) is 37.9 Å². The van der Waals surface area contributed by atoms with E-state index in [1.807, 2.05) is 13.1 Å². The Balaban J connectivity index is 2.12. The molecule has 1 aromatic rings. The summed E-state index contributed by atoms with van der Waals surface area (Å²) in [5.41, 5.74) is 1.00. The van der Waals surface area contributed by atoms with Crippen LogP contribution in [0.1, 0.15) is 50.8 Å². The van der Waals surface area contributed by atoms with Crippen LogP contribution in [0.5, 0.6) is 0 Å². The van der Waals surface area contributed by atoms with Crippen LogP contribution in [-0.2, 0) is 0 Å². The molecule has 1 saturated heterocycles. The number of hydrogen-bond donors (Lipinski definition) is 1. The number of hydrogen-bond acceptors (Lipinski definition) is 3. The van der Waals surface area contributed by atoms with Gasteiger partial charge in [0.1, 0.15) is 5.82 Å². The number of likely N-dealkylation sites (tertiary alicyclic amines) is 1. The summed E-state index contributed by atoms with van der Waals surface area (Å²) in [6, 6.07) is 4.30. The molecule has 1 N–H and O–H groups in total. The molecule has 0 amide bonds. The first kappa shape index (κ1) is 15.4. The third-order valence-electron chi connectivity index (χ3n) is 4.28. The molecule has 0 radical (unpaired) electrons. The Morgan fingerprint density at radius 1 is 1.45 bits per heavy atom. The van der Waals surface area contributed by atoms with E-state index in [9.17, 15) is 4.39 Å². The van der Waals surface area contributed by atoms with Gasteiger partial charge in [-0.3, -0.25) is 9.88 Å². The minimum absolute atomic E-state index is 0.256. The highest BCUT2D eigenvalue weighted by Gasteiger charge is 2.29. The molecule has 112 valence electrons. The van der Waals surface area contributed by atoms with Gasteiger partial charge in [-0.05, 0) is 58.0 Å². The summed E-state index contributed by atoms with van der Waals surface area (Å²) < 4.78 is 13.1. The third-order valence-corrected chi connectivity index (χ3v) is 4.28. The Hall–Kier alpha value is -1.00. The molecule has 1 fully saturated rings. The van der Waals surface area contributed by atoms with Gasteiger partial charge in [0.25, 0.3) is 0 Å². The van der Waals surface area contributed by atoms with Crippen molar-refractivity contribution in [3.63, 3.8) is 0 Å². The number of piperidine rings is 1. The van der Waals surface area contributed by atoms with E-state index in [4.69, 9.17) is 0 Å². The predicted molar refractivity (Wildman–Crippen MR) is 80.1 cm³/mol. The Labute approximate surface area is 121 Å². The molecule has 2 unspecified atom stereocenters. The lowest BCUT2D eigenvalue weighted by molar-refractivity contribution is 0.0838. The van der Waals surface area contributed by atoms with Gasteiger partial charge in [0.15, 0.2) is 0 Å². The van der Waals surface area contributed by atoms with E-state index >= 15 is 0 Å². The maximum absolute atomic E-state index is 13.1. The van der Waals surface area contributed by atoms with Crippen molar-refractivity contribution in [2.45, 2.75) is 51.1 Å². The van der Waals surface area contributed by atoms with Gasteiger partial charge < -0.3 is 5.32 Å². The van der Waals surface area contributed by atoms with Crippen molar-refractivity contribution in [1.29, 1.82) is 0 Å². The monoisotopic (exact) mass is 279 g/mol. The highest BCUT2D eigenvalue weighted by Crippen LogP contribution is 2.31. The topological polar surface area (TPSA) is 28.2 Å². The van der Waals surface area contributed by atoms with Crippen molar-refractivity contribution in [2.24, 2.45) is 0 Å². The van der Waals surface area contributed by atoms with E-state index < -0.39 is 0 Å². The first-order chi connectivity index (χ1) is 9.76. The zero-order valence-corrected chi connectivity index (χ0v) is 12.6. The van der Waals surface area contributed by atoms with Gasteiger partial charge in [0.05, 0.1) is 17.9 Å². The molecule has 1 aliphatic heterocycles. The fourth-order valence-electron chi connectivity index (χ4n) is 3.25. The second kappa shape index (κ2) is 7.70. The molecule has 1 aromatic heterocycles. The maximum Gasteiger partial charge on any atom is 0.141 e. The first-order valence-electron chi connectivity index (χ1n) is 7.78. The normalized spacial score (nSPS) is 21.9. The van der Waals surface area contributed by atoms with E-state index in [0.29, 0.717) is 12.1 Å². The molecule has 20 heavy (non-hydrogen) atoms. The second-order valence-corrected chi connectivity index (χ2v) is 5.60. The highest BCUT2D eigenvalue weighted by molar-refractivity contribution is 5.10. The van der Waals surface area contributed by atoms with Crippen molar-refractivity contribution in [2.75, 3.05) is 20.1 Å². The van der Waals surface area contributed by atoms with Crippen molar-refractivity contribution < 1.29 is 4.39 Å². The summed E-state index contributed by atoms with van der Waals surface area (Å²) in [6.07, 6.45) is 7.37. The molecular weight excluding hydrogens is 253 g/mol. The molecule has 4 heteroatoms. The lowest BCUT2D eigenvalue weighted by atomic mass is 9.95. The summed E-state index contributed by atoms with van der Waals surface area (Å²) in [7, 11) is 2.01. The van der Waals surface area contributed by atoms with Gasteiger partial charge in [0.2, 0.25) is 0 Å². The van der Waals surface area contributed by atoms with Crippen LogP contribution >= 0.6 is 0 Å². The fraction of sp³-hybridized carbons (Fsp3) is 0.688. The van der Waals surface area contributed by atoms with Gasteiger partial charge in [0, 0.05) is 6.04 Å². The van der Waals surface area contributed by atoms with Gasteiger partial charge in [-0.25, -0.2) is 4.39 Å². The smallest absolute Gasteiger partial charge is 0.141 e. The molecule has 0 aliphatic carbocycles. The Bertz CT molecular complexity index is 393. The highest BCUT2D eigenvalue weighted by atomic mass is 19.1. The number of rotatable bonds is 6. The van der Waals surface area contributed by atoms with Crippen LogP contribution in [0.4, 0.5) is 4.39 Å². The number of nitrogens with zero attached hydrogens (tertiary/aromatic N) is 2. The molecule has 2 rings (SSSR count). The van der Waals surface area contributed by atoms with E-state index in [0.717, 1.165) is 25.2 Å². The van der Waals surface area contributed by atoms with Crippen LogP contribution in [0.3, 0.4) is 0 Å². The number of nitrogens with one attached hydrogen (secondary N) is 1. The summed E-state index contributed by atoms with van der Waals surface area (Å²) in [6.45, 7) is 4.37. The lowest BCUT2D eigenvalue weighted by Crippen LogP contribution is -2.43. The Kier molecular flexibility index (Phi) is 5.92. The van der Waals surface area contributed by atoms with Gasteiger partial charge in [-0.15, -0.1) is 0 Å². The van der Waals surface area contributed by atoms with Crippen molar-refractivity contribution >= 4 is 0 Å². The molecule has 3 nitrogen and oxygen atoms in total. The van der Waals surface area contributed by atoms with Crippen LogP contribution in [-0.4, -0.2) is 36.1 Å². The third kappa shape index (κ3) is 3.76. The number of pyridine rings is 1. The van der Waals surface area contributed by atoms with Gasteiger partial charge in [-0.2, -0.15) is 0 Å². The largest absolute Gasteiger partial charge is 0.320 e. The van der Waals surface area contributed by atoms with Gasteiger partial charge in [-0.1, -0.05) is 13.3 Å². The average molecular weight is 279 g/mol. The Morgan fingerprint density at radius 3 is 2.95 bits per heavy atom. The zero-order valence-electron chi connectivity index (χ0n) is 12.6. The van der Waals surface area contributed by atoms with Crippen molar-refractivity contribution in [1.82, 2.24) is 15.2 Å².